The minimum Gasteiger partial charge on any atom is -0.343 e. The van der Waals surface area contributed by atoms with Crippen molar-refractivity contribution in [2.75, 3.05) is 5.32 Å². The highest BCUT2D eigenvalue weighted by Gasteiger charge is 2.28. The SMILES string of the molecule is Cc1c(C(=O)C(=O)NCc2nccn2C)c(C)n(C)c1C(=O)Nc1ccc(F)c(F)c1. The maximum Gasteiger partial charge on any atom is 0.292 e. The second kappa shape index (κ2) is 8.50. The third-order valence-corrected chi connectivity index (χ3v) is 5.08. The number of rotatable bonds is 6. The minimum atomic E-state index is -1.10. The molecule has 0 saturated carbocycles. The second-order valence-electron chi connectivity index (χ2n) is 7.04. The van der Waals surface area contributed by atoms with E-state index in [9.17, 15) is 23.2 Å². The normalized spacial score (nSPS) is 10.8. The highest BCUT2D eigenvalue weighted by atomic mass is 19.2. The summed E-state index contributed by atoms with van der Waals surface area (Å²) in [6, 6.07) is 2.98. The van der Waals surface area contributed by atoms with Crippen LogP contribution >= 0.6 is 0 Å². The number of hydrogen-bond acceptors (Lipinski definition) is 4. The Kier molecular flexibility index (Phi) is 6.00. The molecule has 2 amide bonds. The van der Waals surface area contributed by atoms with Gasteiger partial charge in [-0.2, -0.15) is 0 Å². The third-order valence-electron chi connectivity index (χ3n) is 5.08. The van der Waals surface area contributed by atoms with E-state index in [1.807, 2.05) is 0 Å². The maximum absolute atomic E-state index is 13.4. The van der Waals surface area contributed by atoms with Crippen molar-refractivity contribution >= 4 is 23.3 Å². The number of aromatic nitrogens is 3. The van der Waals surface area contributed by atoms with Gasteiger partial charge in [-0.05, 0) is 31.5 Å². The van der Waals surface area contributed by atoms with E-state index in [1.54, 1.807) is 44.9 Å². The summed E-state index contributed by atoms with van der Waals surface area (Å²) >= 11 is 0. The molecular weight excluding hydrogens is 408 g/mol. The first kappa shape index (κ1) is 21.9. The maximum atomic E-state index is 13.4. The van der Waals surface area contributed by atoms with Crippen LogP contribution in [0.2, 0.25) is 0 Å². The van der Waals surface area contributed by atoms with Gasteiger partial charge in [-0.3, -0.25) is 14.4 Å². The summed E-state index contributed by atoms with van der Waals surface area (Å²) in [7, 11) is 3.34. The molecule has 0 aliphatic heterocycles. The number of aryl methyl sites for hydroxylation is 1. The van der Waals surface area contributed by atoms with Crippen molar-refractivity contribution < 1.29 is 23.2 Å². The molecule has 8 nitrogen and oxygen atoms in total. The van der Waals surface area contributed by atoms with E-state index in [1.165, 1.54) is 10.6 Å². The van der Waals surface area contributed by atoms with Crippen LogP contribution in [0.15, 0.2) is 30.6 Å². The van der Waals surface area contributed by atoms with E-state index < -0.39 is 29.2 Å². The Morgan fingerprint density at radius 1 is 1.10 bits per heavy atom. The monoisotopic (exact) mass is 429 g/mol. The zero-order chi connectivity index (χ0) is 22.9. The lowest BCUT2D eigenvalue weighted by molar-refractivity contribution is -0.117. The summed E-state index contributed by atoms with van der Waals surface area (Å²) in [5, 5.41) is 5.01. The second-order valence-corrected chi connectivity index (χ2v) is 7.04. The summed E-state index contributed by atoms with van der Waals surface area (Å²) in [5.41, 5.74) is 1.02. The number of anilines is 1. The molecule has 31 heavy (non-hydrogen) atoms. The number of Topliss-reactive ketones (excluding diaryl/α,β-unsaturated/α-hetero) is 1. The average Bonchev–Trinajstić information content (AvgIpc) is 3.22. The lowest BCUT2D eigenvalue weighted by Crippen LogP contribution is -2.32. The van der Waals surface area contributed by atoms with Crippen molar-refractivity contribution in [3.63, 3.8) is 0 Å². The number of carbonyl (C=O) groups excluding carboxylic acids is 3. The Morgan fingerprint density at radius 3 is 2.42 bits per heavy atom. The number of hydrogen-bond donors (Lipinski definition) is 2. The summed E-state index contributed by atoms with van der Waals surface area (Å²) < 4.78 is 29.7. The number of halogens is 2. The van der Waals surface area contributed by atoms with Crippen LogP contribution in [0.4, 0.5) is 14.5 Å². The van der Waals surface area contributed by atoms with Crippen molar-refractivity contribution in [3.8, 4) is 0 Å². The summed E-state index contributed by atoms with van der Waals surface area (Å²) in [4.78, 5) is 42.0. The number of nitrogens with zero attached hydrogens (tertiary/aromatic N) is 3. The predicted molar refractivity (Wildman–Crippen MR) is 109 cm³/mol. The molecule has 0 radical (unpaired) electrons. The largest absolute Gasteiger partial charge is 0.343 e. The molecule has 1 aromatic carbocycles. The van der Waals surface area contributed by atoms with Gasteiger partial charge in [0.2, 0.25) is 0 Å². The molecule has 3 aromatic rings. The minimum absolute atomic E-state index is 0.0582. The van der Waals surface area contributed by atoms with E-state index in [-0.39, 0.29) is 23.5 Å². The van der Waals surface area contributed by atoms with Gasteiger partial charge in [0.25, 0.3) is 17.6 Å². The Bertz CT molecular complexity index is 1200. The van der Waals surface area contributed by atoms with Crippen molar-refractivity contribution in [2.45, 2.75) is 20.4 Å². The van der Waals surface area contributed by atoms with Gasteiger partial charge >= 0.3 is 0 Å². The molecular formula is C21H21F2N5O3. The zero-order valence-corrected chi connectivity index (χ0v) is 17.4. The fourth-order valence-corrected chi connectivity index (χ4v) is 3.32. The molecule has 2 heterocycles. The van der Waals surface area contributed by atoms with Crippen molar-refractivity contribution in [2.24, 2.45) is 14.1 Å². The van der Waals surface area contributed by atoms with Gasteiger partial charge < -0.3 is 19.8 Å². The van der Waals surface area contributed by atoms with Crippen molar-refractivity contribution in [3.05, 3.63) is 70.6 Å². The standard InChI is InChI=1S/C21H21F2N5O3/c1-11-17(19(29)21(31)25-10-16-24-7-8-27(16)3)12(2)28(4)18(11)20(30)26-13-5-6-14(22)15(23)9-13/h5-9H,10H2,1-4H3,(H,25,31)(H,26,30). The first-order valence-electron chi connectivity index (χ1n) is 9.32. The van der Waals surface area contributed by atoms with Gasteiger partial charge in [-0.25, -0.2) is 13.8 Å². The van der Waals surface area contributed by atoms with Crippen LogP contribution in [-0.2, 0) is 25.4 Å². The molecule has 2 aromatic heterocycles. The number of benzene rings is 1. The van der Waals surface area contributed by atoms with Crippen LogP contribution in [-0.4, -0.2) is 31.7 Å². The predicted octanol–water partition coefficient (Wildman–Crippen LogP) is 2.41. The fraction of sp³-hybridized carbons (Fsp3) is 0.238. The number of carbonyl (C=O) groups is 3. The van der Waals surface area contributed by atoms with E-state index >= 15 is 0 Å². The van der Waals surface area contributed by atoms with Gasteiger partial charge in [0.05, 0.1) is 12.1 Å². The van der Waals surface area contributed by atoms with E-state index in [2.05, 4.69) is 15.6 Å². The van der Waals surface area contributed by atoms with Gasteiger partial charge in [-0.1, -0.05) is 0 Å². The van der Waals surface area contributed by atoms with E-state index in [4.69, 9.17) is 0 Å². The van der Waals surface area contributed by atoms with Crippen LogP contribution in [0.5, 0.6) is 0 Å². The number of ketones is 1. The molecule has 0 bridgehead atoms. The van der Waals surface area contributed by atoms with Crippen molar-refractivity contribution in [1.29, 1.82) is 0 Å². The molecule has 0 spiro atoms. The zero-order valence-electron chi connectivity index (χ0n) is 17.4. The Balaban J connectivity index is 1.82. The Morgan fingerprint density at radius 2 is 1.81 bits per heavy atom. The molecule has 0 atom stereocenters. The van der Waals surface area contributed by atoms with Crippen LogP contribution < -0.4 is 10.6 Å². The van der Waals surface area contributed by atoms with Crippen molar-refractivity contribution in [1.82, 2.24) is 19.4 Å². The number of nitrogens with one attached hydrogen (secondary N) is 2. The van der Waals surface area contributed by atoms with Gasteiger partial charge in [0, 0.05) is 43.9 Å². The average molecular weight is 429 g/mol. The highest BCUT2D eigenvalue weighted by Crippen LogP contribution is 2.23. The van der Waals surface area contributed by atoms with Crippen LogP contribution in [0, 0.1) is 25.5 Å². The highest BCUT2D eigenvalue weighted by molar-refractivity contribution is 6.43. The molecule has 0 unspecified atom stereocenters. The fourth-order valence-electron chi connectivity index (χ4n) is 3.32. The molecule has 0 aliphatic carbocycles. The van der Waals surface area contributed by atoms with E-state index in [0.29, 0.717) is 17.1 Å². The third kappa shape index (κ3) is 4.23. The topological polar surface area (TPSA) is 98.0 Å². The Hall–Kier alpha value is -3.82. The quantitative estimate of drug-likeness (QED) is 0.464. The molecule has 0 saturated heterocycles. The molecule has 0 fully saturated rings. The molecule has 10 heteroatoms. The first-order chi connectivity index (χ1) is 14.6. The molecule has 0 aliphatic rings. The summed E-state index contributed by atoms with van der Waals surface area (Å²) in [6.45, 7) is 3.23. The lowest BCUT2D eigenvalue weighted by Gasteiger charge is -2.08. The first-order valence-corrected chi connectivity index (χ1v) is 9.32. The van der Waals surface area contributed by atoms with Gasteiger partial charge in [-0.15, -0.1) is 0 Å². The summed E-state index contributed by atoms with van der Waals surface area (Å²) in [5.74, 6) is -3.79. The molecule has 162 valence electrons. The van der Waals surface area contributed by atoms with Crippen LogP contribution in [0.25, 0.3) is 0 Å². The lowest BCUT2D eigenvalue weighted by atomic mass is 10.0. The summed E-state index contributed by atoms with van der Waals surface area (Å²) in [6.07, 6.45) is 3.29. The van der Waals surface area contributed by atoms with E-state index in [0.717, 1.165) is 12.1 Å². The molecule has 2 N–H and O–H groups in total. The van der Waals surface area contributed by atoms with Gasteiger partial charge in [0.1, 0.15) is 11.5 Å². The van der Waals surface area contributed by atoms with Crippen LogP contribution in [0.1, 0.15) is 37.9 Å². The number of amides is 2. The van der Waals surface area contributed by atoms with Crippen LogP contribution in [0.3, 0.4) is 0 Å². The Labute approximate surface area is 176 Å². The number of imidazole rings is 1. The molecule has 3 rings (SSSR count). The smallest absolute Gasteiger partial charge is 0.292 e. The van der Waals surface area contributed by atoms with Gasteiger partial charge in [0.15, 0.2) is 11.6 Å².